The second-order valence-corrected chi connectivity index (χ2v) is 3.27. The van der Waals surface area contributed by atoms with Crippen molar-refractivity contribution in [2.75, 3.05) is 12.5 Å². The predicted octanol–water partition coefficient (Wildman–Crippen LogP) is -2.22. The van der Waals surface area contributed by atoms with Gasteiger partial charge in [0.2, 0.25) is 5.91 Å². The highest BCUT2D eigenvalue weighted by Gasteiger charge is 2.37. The van der Waals surface area contributed by atoms with Crippen molar-refractivity contribution in [3.63, 3.8) is 0 Å². The highest BCUT2D eigenvalue weighted by Crippen LogP contribution is 2.13. The first-order chi connectivity index (χ1) is 6.56. The van der Waals surface area contributed by atoms with Crippen molar-refractivity contribution in [2.24, 2.45) is 0 Å². The number of carbonyl (C=O) groups is 1. The molecule has 0 saturated carbocycles. The molecule has 1 amide bonds. The van der Waals surface area contributed by atoms with E-state index in [9.17, 15) is 15.0 Å². The molecule has 0 aromatic carbocycles. The first kappa shape index (κ1) is 11.7. The number of halogens is 1. The van der Waals surface area contributed by atoms with Gasteiger partial charge in [-0.25, -0.2) is 0 Å². The minimum absolute atomic E-state index is 0.147. The van der Waals surface area contributed by atoms with E-state index >= 15 is 0 Å². The van der Waals surface area contributed by atoms with Crippen molar-refractivity contribution < 1.29 is 24.9 Å². The fourth-order valence-corrected chi connectivity index (χ4v) is 1.21. The van der Waals surface area contributed by atoms with E-state index in [1.54, 1.807) is 0 Å². The Morgan fingerprint density at radius 1 is 1.43 bits per heavy atom. The Hall–Kier alpha value is -0.400. The number of alkyl halides is 1. The lowest BCUT2D eigenvalue weighted by Gasteiger charge is -2.35. The van der Waals surface area contributed by atoms with E-state index in [1.807, 2.05) is 0 Å². The van der Waals surface area contributed by atoms with Gasteiger partial charge in [0.25, 0.3) is 0 Å². The Balaban J connectivity index is 2.50. The van der Waals surface area contributed by atoms with Crippen molar-refractivity contribution in [3.8, 4) is 0 Å². The van der Waals surface area contributed by atoms with E-state index < -0.39 is 30.4 Å². The van der Waals surface area contributed by atoms with E-state index in [4.69, 9.17) is 21.4 Å². The second kappa shape index (κ2) is 4.90. The van der Waals surface area contributed by atoms with Gasteiger partial charge in [0.15, 0.2) is 6.23 Å². The van der Waals surface area contributed by atoms with E-state index in [0.29, 0.717) is 0 Å². The molecule has 0 spiro atoms. The molecule has 1 heterocycles. The fourth-order valence-electron chi connectivity index (χ4n) is 1.13. The summed E-state index contributed by atoms with van der Waals surface area (Å²) in [4.78, 5) is 10.8. The van der Waals surface area contributed by atoms with E-state index in [1.165, 1.54) is 0 Å². The summed E-state index contributed by atoms with van der Waals surface area (Å²) in [5.74, 6) is -0.773. The lowest BCUT2D eigenvalue weighted by Crippen LogP contribution is -2.59. The minimum atomic E-state index is -1.36. The number of carbonyl (C=O) groups excluding carboxylic acids is 1. The summed E-state index contributed by atoms with van der Waals surface area (Å²) in [6, 6.07) is 0. The van der Waals surface area contributed by atoms with E-state index in [-0.39, 0.29) is 12.5 Å². The molecule has 6 nitrogen and oxygen atoms in total. The quantitative estimate of drug-likeness (QED) is 0.399. The molecule has 1 rings (SSSR count). The van der Waals surface area contributed by atoms with Crippen LogP contribution in [0, 0.1) is 0 Å². The van der Waals surface area contributed by atoms with Crippen LogP contribution in [0.1, 0.15) is 0 Å². The zero-order valence-corrected chi connectivity index (χ0v) is 8.02. The molecule has 14 heavy (non-hydrogen) atoms. The van der Waals surface area contributed by atoms with Crippen LogP contribution in [-0.2, 0) is 9.53 Å². The number of nitrogens with one attached hydrogen (secondary N) is 1. The summed E-state index contributed by atoms with van der Waals surface area (Å²) >= 11 is 5.22. The monoisotopic (exact) mass is 225 g/mol. The van der Waals surface area contributed by atoms with Gasteiger partial charge in [0, 0.05) is 0 Å². The number of rotatable bonds is 2. The summed E-state index contributed by atoms with van der Waals surface area (Å²) in [6.07, 6.45) is -4.86. The van der Waals surface area contributed by atoms with Gasteiger partial charge >= 0.3 is 0 Å². The van der Waals surface area contributed by atoms with Crippen molar-refractivity contribution in [2.45, 2.75) is 24.5 Å². The molecule has 1 aliphatic rings. The number of hydrogen-bond donors (Lipinski definition) is 4. The van der Waals surface area contributed by atoms with Crippen LogP contribution in [0.2, 0.25) is 0 Å². The zero-order valence-electron chi connectivity index (χ0n) is 7.26. The topological polar surface area (TPSA) is 99.0 Å². The predicted molar refractivity (Wildman–Crippen MR) is 46.6 cm³/mol. The van der Waals surface area contributed by atoms with E-state index in [0.717, 1.165) is 0 Å². The Labute approximate surface area is 85.4 Å². The van der Waals surface area contributed by atoms with Crippen LogP contribution in [0.25, 0.3) is 0 Å². The summed E-state index contributed by atoms with van der Waals surface area (Å²) < 4.78 is 4.89. The standard InChI is InChI=1S/C7H12ClNO5/c8-1-4(11)9-7-6(13)5(12)3(10)2-14-7/h3,5-7,10,12-13H,1-2H2,(H,9,11)/t3-,5-,6+,7+/m1/s1. The Bertz CT molecular complexity index is 214. The minimum Gasteiger partial charge on any atom is -0.388 e. The van der Waals surface area contributed by atoms with Crippen molar-refractivity contribution in [1.82, 2.24) is 5.32 Å². The number of ether oxygens (including phenoxy) is 1. The lowest BCUT2D eigenvalue weighted by atomic mass is 10.0. The largest absolute Gasteiger partial charge is 0.388 e. The molecular weight excluding hydrogens is 214 g/mol. The van der Waals surface area contributed by atoms with Crippen LogP contribution in [0.5, 0.6) is 0 Å². The maximum Gasteiger partial charge on any atom is 0.236 e. The Kier molecular flexibility index (Phi) is 4.09. The highest BCUT2D eigenvalue weighted by atomic mass is 35.5. The molecule has 7 heteroatoms. The third-order valence-corrected chi connectivity index (χ3v) is 2.17. The van der Waals surface area contributed by atoms with Gasteiger partial charge in [-0.1, -0.05) is 0 Å². The average molecular weight is 226 g/mol. The van der Waals surface area contributed by atoms with Gasteiger partial charge in [-0.3, -0.25) is 4.79 Å². The molecule has 1 saturated heterocycles. The fraction of sp³-hybridized carbons (Fsp3) is 0.857. The maximum absolute atomic E-state index is 10.8. The zero-order chi connectivity index (χ0) is 10.7. The molecule has 0 unspecified atom stereocenters. The summed E-state index contributed by atoms with van der Waals surface area (Å²) in [7, 11) is 0. The number of amides is 1. The van der Waals surface area contributed by atoms with Crippen LogP contribution in [0.3, 0.4) is 0 Å². The highest BCUT2D eigenvalue weighted by molar-refractivity contribution is 6.27. The van der Waals surface area contributed by atoms with Crippen LogP contribution in [0.15, 0.2) is 0 Å². The van der Waals surface area contributed by atoms with Crippen molar-refractivity contribution in [3.05, 3.63) is 0 Å². The first-order valence-corrected chi connectivity index (χ1v) is 4.61. The van der Waals surface area contributed by atoms with Gasteiger partial charge in [-0.15, -0.1) is 11.6 Å². The van der Waals surface area contributed by atoms with Gasteiger partial charge in [-0.05, 0) is 0 Å². The first-order valence-electron chi connectivity index (χ1n) is 4.07. The van der Waals surface area contributed by atoms with Crippen LogP contribution < -0.4 is 5.32 Å². The number of hydrogen-bond acceptors (Lipinski definition) is 5. The van der Waals surface area contributed by atoms with Crippen LogP contribution in [0.4, 0.5) is 0 Å². The summed E-state index contributed by atoms with van der Waals surface area (Å²) in [5, 5.41) is 29.9. The van der Waals surface area contributed by atoms with Gasteiger partial charge in [0.05, 0.1) is 6.61 Å². The molecule has 0 bridgehead atoms. The third-order valence-electron chi connectivity index (χ3n) is 1.93. The van der Waals surface area contributed by atoms with Crippen LogP contribution >= 0.6 is 11.6 Å². The van der Waals surface area contributed by atoms with Crippen LogP contribution in [-0.4, -0.2) is 58.3 Å². The smallest absolute Gasteiger partial charge is 0.236 e. The Morgan fingerprint density at radius 2 is 2.07 bits per heavy atom. The third kappa shape index (κ3) is 2.55. The van der Waals surface area contributed by atoms with Gasteiger partial charge in [-0.2, -0.15) is 0 Å². The summed E-state index contributed by atoms with van der Waals surface area (Å²) in [5.41, 5.74) is 0. The SMILES string of the molecule is O=C(CCl)N[C@H]1OC[C@@H](O)[C@@H](O)[C@@H]1O. The molecule has 4 N–H and O–H groups in total. The average Bonchev–Trinajstić information content (AvgIpc) is 2.19. The number of aliphatic hydroxyl groups is 3. The van der Waals surface area contributed by atoms with Crippen molar-refractivity contribution >= 4 is 17.5 Å². The maximum atomic E-state index is 10.8. The Morgan fingerprint density at radius 3 is 2.64 bits per heavy atom. The second-order valence-electron chi connectivity index (χ2n) is 3.00. The molecule has 0 aliphatic carbocycles. The van der Waals surface area contributed by atoms with Gasteiger partial charge in [0.1, 0.15) is 24.2 Å². The molecule has 1 fully saturated rings. The van der Waals surface area contributed by atoms with E-state index in [2.05, 4.69) is 5.32 Å². The molecule has 1 aliphatic heterocycles. The molecule has 0 aromatic heterocycles. The molecule has 0 aromatic rings. The number of aliphatic hydroxyl groups excluding tert-OH is 3. The van der Waals surface area contributed by atoms with Crippen molar-refractivity contribution in [1.29, 1.82) is 0 Å². The molecule has 0 radical (unpaired) electrons. The molecular formula is C7H12ClNO5. The summed E-state index contributed by atoms with van der Waals surface area (Å²) in [6.45, 7) is -0.147. The molecule has 82 valence electrons. The normalized spacial score (nSPS) is 38.0. The van der Waals surface area contributed by atoms with Gasteiger partial charge < -0.3 is 25.4 Å². The lowest BCUT2D eigenvalue weighted by molar-refractivity contribution is -0.196. The molecule has 4 atom stereocenters.